The Balaban J connectivity index is 1.29. The van der Waals surface area contributed by atoms with Crippen molar-refractivity contribution in [3.05, 3.63) is 59.1 Å². The molecule has 0 radical (unpaired) electrons. The summed E-state index contributed by atoms with van der Waals surface area (Å²) < 4.78 is 26.2. The van der Waals surface area contributed by atoms with Crippen LogP contribution < -0.4 is 16.0 Å². The average Bonchev–Trinajstić information content (AvgIpc) is 2.61. The van der Waals surface area contributed by atoms with Crippen LogP contribution in [0.15, 0.2) is 42.5 Å². The minimum absolute atomic E-state index is 0.0618. The van der Waals surface area contributed by atoms with Gasteiger partial charge in [-0.1, -0.05) is 18.5 Å². The molecule has 5 nitrogen and oxygen atoms in total. The number of rotatable bonds is 5. The normalized spacial score (nSPS) is 25.2. The largest absolute Gasteiger partial charge is 0.332 e. The van der Waals surface area contributed by atoms with Crippen LogP contribution >= 0.6 is 11.6 Å². The van der Waals surface area contributed by atoms with Crippen molar-refractivity contribution in [3.8, 4) is 0 Å². The summed E-state index contributed by atoms with van der Waals surface area (Å²) in [4.78, 5) is 24.8. The fourth-order valence-corrected chi connectivity index (χ4v) is 4.68. The number of amides is 3. The van der Waals surface area contributed by atoms with E-state index in [0.717, 1.165) is 19.3 Å². The number of halogens is 3. The molecule has 0 aromatic heterocycles. The number of carbonyl (C=O) groups is 2. The van der Waals surface area contributed by atoms with Crippen LogP contribution in [0, 0.1) is 23.0 Å². The molecule has 3 saturated carbocycles. The number of hydrogen-bond donors (Lipinski definition) is 3. The van der Waals surface area contributed by atoms with Gasteiger partial charge in [-0.3, -0.25) is 4.79 Å². The minimum Gasteiger partial charge on any atom is -0.332 e. The number of carbonyl (C=O) groups excluding carboxylic acids is 2. The molecule has 0 heterocycles. The molecule has 0 saturated heterocycles. The van der Waals surface area contributed by atoms with E-state index < -0.39 is 5.82 Å². The van der Waals surface area contributed by atoms with E-state index in [9.17, 15) is 18.4 Å². The number of urea groups is 1. The van der Waals surface area contributed by atoms with Crippen LogP contribution in [-0.4, -0.2) is 17.5 Å². The molecule has 1 atom stereocenters. The molecule has 3 aliphatic carbocycles. The van der Waals surface area contributed by atoms with Crippen LogP contribution in [0.25, 0.3) is 0 Å². The van der Waals surface area contributed by atoms with Crippen LogP contribution in [0.3, 0.4) is 0 Å². The molecule has 5 rings (SSSR count). The van der Waals surface area contributed by atoms with Crippen molar-refractivity contribution in [3.63, 3.8) is 0 Å². The first-order valence-corrected chi connectivity index (χ1v) is 9.69. The van der Waals surface area contributed by atoms with Crippen molar-refractivity contribution in [2.24, 2.45) is 11.3 Å². The summed E-state index contributed by atoms with van der Waals surface area (Å²) in [6.07, 6.45) is 2.15. The molecular formula is C21H20ClF2N3O2. The third-order valence-electron chi connectivity index (χ3n) is 6.05. The summed E-state index contributed by atoms with van der Waals surface area (Å²) in [5.41, 5.74) is 0.525. The van der Waals surface area contributed by atoms with Crippen LogP contribution in [0.5, 0.6) is 0 Å². The molecule has 0 aliphatic heterocycles. The summed E-state index contributed by atoms with van der Waals surface area (Å²) in [5, 5.41) is 8.36. The predicted molar refractivity (Wildman–Crippen MR) is 107 cm³/mol. The summed E-state index contributed by atoms with van der Waals surface area (Å²) in [7, 11) is 0. The zero-order valence-electron chi connectivity index (χ0n) is 15.7. The second kappa shape index (κ2) is 6.99. The summed E-state index contributed by atoms with van der Waals surface area (Å²) in [6.45, 7) is 1.88. The van der Waals surface area contributed by atoms with E-state index in [-0.39, 0.29) is 39.6 Å². The number of benzene rings is 2. The van der Waals surface area contributed by atoms with Gasteiger partial charge in [-0.25, -0.2) is 13.6 Å². The van der Waals surface area contributed by atoms with Crippen molar-refractivity contribution in [2.75, 3.05) is 10.6 Å². The lowest BCUT2D eigenvalue weighted by atomic mass is 9.36. The third kappa shape index (κ3) is 3.67. The van der Waals surface area contributed by atoms with Crippen molar-refractivity contribution in [1.82, 2.24) is 5.32 Å². The highest BCUT2D eigenvalue weighted by atomic mass is 35.5. The summed E-state index contributed by atoms with van der Waals surface area (Å²) in [5.74, 6) is -1.25. The zero-order chi connectivity index (χ0) is 20.8. The second-order valence-corrected chi connectivity index (χ2v) is 8.51. The molecule has 3 amide bonds. The van der Waals surface area contributed by atoms with Gasteiger partial charge in [0.15, 0.2) is 0 Å². The van der Waals surface area contributed by atoms with Gasteiger partial charge in [0.2, 0.25) is 5.91 Å². The Kier molecular flexibility index (Phi) is 4.73. The molecule has 29 heavy (non-hydrogen) atoms. The third-order valence-corrected chi connectivity index (χ3v) is 6.34. The summed E-state index contributed by atoms with van der Waals surface area (Å²) in [6, 6.07) is 9.24. The lowest BCUT2D eigenvalue weighted by Crippen LogP contribution is -2.77. The van der Waals surface area contributed by atoms with Gasteiger partial charge in [0.05, 0.1) is 5.02 Å². The highest BCUT2D eigenvalue weighted by molar-refractivity contribution is 6.31. The van der Waals surface area contributed by atoms with Crippen molar-refractivity contribution >= 4 is 34.9 Å². The fraction of sp³-hybridized carbons (Fsp3) is 0.333. The minimum atomic E-state index is -0.549. The lowest BCUT2D eigenvalue weighted by molar-refractivity contribution is -0.183. The topological polar surface area (TPSA) is 70.2 Å². The Morgan fingerprint density at radius 1 is 1.00 bits per heavy atom. The first kappa shape index (κ1) is 19.6. The van der Waals surface area contributed by atoms with Gasteiger partial charge in [-0.05, 0) is 67.1 Å². The number of nitrogens with one attached hydrogen (secondary N) is 3. The van der Waals surface area contributed by atoms with Crippen LogP contribution in [-0.2, 0) is 4.79 Å². The average molecular weight is 420 g/mol. The Labute approximate surface area is 171 Å². The standard InChI is InChI=1S/C21H20ClF2N3O2/c1-12(18(28)25-14-4-2-13(23)3-5-14)20-9-21(10-20,11-20)27-19(29)26-15-6-7-17(24)16(22)8-15/h2-8,12H,9-11H2,1H3,(H,25,28)(H2,26,27,29)/t12-,20?,21?/m1/s1. The quantitative estimate of drug-likeness (QED) is 0.642. The monoisotopic (exact) mass is 419 g/mol. The van der Waals surface area contributed by atoms with E-state index in [1.165, 1.54) is 42.5 Å². The Morgan fingerprint density at radius 2 is 1.62 bits per heavy atom. The molecule has 0 spiro atoms. The van der Waals surface area contributed by atoms with Gasteiger partial charge in [0, 0.05) is 22.8 Å². The molecule has 0 unspecified atom stereocenters. The zero-order valence-corrected chi connectivity index (χ0v) is 16.4. The first-order chi connectivity index (χ1) is 13.7. The van der Waals surface area contributed by atoms with E-state index in [2.05, 4.69) is 16.0 Å². The maximum atomic E-state index is 13.2. The smallest absolute Gasteiger partial charge is 0.319 e. The van der Waals surface area contributed by atoms with Gasteiger partial charge in [-0.15, -0.1) is 0 Å². The maximum Gasteiger partial charge on any atom is 0.319 e. The van der Waals surface area contributed by atoms with E-state index in [1.807, 2.05) is 6.92 Å². The molecule has 3 fully saturated rings. The molecule has 3 N–H and O–H groups in total. The van der Waals surface area contributed by atoms with Crippen molar-refractivity contribution in [1.29, 1.82) is 0 Å². The molecule has 3 aliphatic rings. The van der Waals surface area contributed by atoms with Gasteiger partial charge in [0.1, 0.15) is 11.6 Å². The lowest BCUT2D eigenvalue weighted by Gasteiger charge is -2.72. The molecule has 2 aromatic carbocycles. The number of anilines is 2. The molecule has 2 bridgehead atoms. The van der Waals surface area contributed by atoms with Gasteiger partial charge >= 0.3 is 6.03 Å². The Morgan fingerprint density at radius 3 is 2.24 bits per heavy atom. The fourth-order valence-electron chi connectivity index (χ4n) is 4.50. The molecular weight excluding hydrogens is 400 g/mol. The van der Waals surface area contributed by atoms with Gasteiger partial charge in [-0.2, -0.15) is 0 Å². The second-order valence-electron chi connectivity index (χ2n) is 8.10. The predicted octanol–water partition coefficient (Wildman–Crippen LogP) is 4.94. The van der Waals surface area contributed by atoms with Crippen LogP contribution in [0.1, 0.15) is 26.2 Å². The van der Waals surface area contributed by atoms with E-state index in [4.69, 9.17) is 11.6 Å². The van der Waals surface area contributed by atoms with Gasteiger partial charge in [0.25, 0.3) is 0 Å². The van der Waals surface area contributed by atoms with Crippen LogP contribution in [0.2, 0.25) is 5.02 Å². The molecule has 2 aromatic rings. The number of hydrogen-bond acceptors (Lipinski definition) is 2. The summed E-state index contributed by atoms with van der Waals surface area (Å²) >= 11 is 5.72. The highest BCUT2D eigenvalue weighted by Gasteiger charge is 2.71. The van der Waals surface area contributed by atoms with Gasteiger partial charge < -0.3 is 16.0 Å². The van der Waals surface area contributed by atoms with Crippen molar-refractivity contribution in [2.45, 2.75) is 31.7 Å². The SMILES string of the molecule is C[C@H](C(=O)Nc1ccc(F)cc1)C12CC(NC(=O)Nc3ccc(F)c(Cl)c3)(C1)C2. The molecule has 152 valence electrons. The highest BCUT2D eigenvalue weighted by Crippen LogP contribution is 2.70. The van der Waals surface area contributed by atoms with Crippen LogP contribution in [0.4, 0.5) is 25.0 Å². The van der Waals surface area contributed by atoms with Crippen molar-refractivity contribution < 1.29 is 18.4 Å². The van der Waals surface area contributed by atoms with E-state index in [0.29, 0.717) is 11.4 Å². The first-order valence-electron chi connectivity index (χ1n) is 9.31. The Hall–Kier alpha value is -2.67. The molecule has 8 heteroatoms. The van der Waals surface area contributed by atoms with E-state index in [1.54, 1.807) is 0 Å². The maximum absolute atomic E-state index is 13.2. The van der Waals surface area contributed by atoms with E-state index >= 15 is 0 Å². The Bertz CT molecular complexity index is 961.